The maximum Gasteiger partial charge on any atom is 0.308 e. The second-order valence-corrected chi connectivity index (χ2v) is 7.31. The molecule has 1 aliphatic carbocycles. The fraction of sp³-hybridized carbons (Fsp3) is 0.286. The molecule has 1 aliphatic heterocycles. The summed E-state index contributed by atoms with van der Waals surface area (Å²) < 4.78 is 40.6. The Bertz CT molecular complexity index is 723. The first-order chi connectivity index (χ1) is 10.4. The SMILES string of the molecule is O=C(O)Cc1ccc(CC2=NC3C(F)=C(F)C=C(F)C3S2)s1. The van der Waals surface area contributed by atoms with Crippen LogP contribution in [0.4, 0.5) is 13.2 Å². The van der Waals surface area contributed by atoms with Crippen LogP contribution in [0.25, 0.3) is 0 Å². The van der Waals surface area contributed by atoms with Crippen LogP contribution in [0.15, 0.2) is 40.7 Å². The molecule has 1 N–H and O–H groups in total. The summed E-state index contributed by atoms with van der Waals surface area (Å²) in [6.07, 6.45) is 0.873. The molecule has 22 heavy (non-hydrogen) atoms. The van der Waals surface area contributed by atoms with Crippen molar-refractivity contribution in [3.8, 4) is 0 Å². The predicted octanol–water partition coefficient (Wildman–Crippen LogP) is 3.82. The molecule has 0 saturated carbocycles. The number of hydrogen-bond donors (Lipinski definition) is 1. The van der Waals surface area contributed by atoms with Crippen molar-refractivity contribution in [2.45, 2.75) is 24.1 Å². The number of hydrogen-bond acceptors (Lipinski definition) is 4. The molecule has 116 valence electrons. The number of fused-ring (bicyclic) bond motifs is 1. The Morgan fingerprint density at radius 2 is 2.00 bits per heavy atom. The first-order valence-corrected chi connectivity index (χ1v) is 8.08. The third-order valence-electron chi connectivity index (χ3n) is 3.23. The van der Waals surface area contributed by atoms with Crippen molar-refractivity contribution in [2.24, 2.45) is 4.99 Å². The van der Waals surface area contributed by atoms with E-state index in [9.17, 15) is 18.0 Å². The zero-order valence-corrected chi connectivity index (χ0v) is 12.7. The maximum absolute atomic E-state index is 13.7. The van der Waals surface area contributed by atoms with Gasteiger partial charge in [-0.15, -0.1) is 11.3 Å². The van der Waals surface area contributed by atoms with E-state index in [4.69, 9.17) is 5.11 Å². The molecule has 0 aromatic carbocycles. The van der Waals surface area contributed by atoms with Crippen LogP contribution >= 0.6 is 23.1 Å². The summed E-state index contributed by atoms with van der Waals surface area (Å²) in [5.41, 5.74) is 0. The van der Waals surface area contributed by atoms with Gasteiger partial charge < -0.3 is 5.11 Å². The third kappa shape index (κ3) is 2.98. The summed E-state index contributed by atoms with van der Waals surface area (Å²) in [5.74, 6) is -3.87. The molecule has 2 heterocycles. The fourth-order valence-corrected chi connectivity index (χ4v) is 4.57. The molecular formula is C14H10F3NO2S2. The quantitative estimate of drug-likeness (QED) is 0.903. The van der Waals surface area contributed by atoms with Gasteiger partial charge in [0.25, 0.3) is 0 Å². The molecule has 0 spiro atoms. The van der Waals surface area contributed by atoms with E-state index in [1.165, 1.54) is 11.3 Å². The number of thioether (sulfide) groups is 1. The van der Waals surface area contributed by atoms with Gasteiger partial charge in [0, 0.05) is 22.3 Å². The number of halogens is 3. The number of thiophene rings is 1. The van der Waals surface area contributed by atoms with Crippen LogP contribution in [0, 0.1) is 0 Å². The van der Waals surface area contributed by atoms with Crippen molar-refractivity contribution >= 4 is 34.1 Å². The van der Waals surface area contributed by atoms with Gasteiger partial charge in [-0.1, -0.05) is 11.8 Å². The second kappa shape index (κ2) is 5.92. The van der Waals surface area contributed by atoms with Gasteiger partial charge in [0.05, 0.1) is 16.7 Å². The molecule has 3 rings (SSSR count). The van der Waals surface area contributed by atoms with E-state index < -0.39 is 34.7 Å². The molecule has 0 amide bonds. The average molecular weight is 345 g/mol. The Morgan fingerprint density at radius 1 is 1.27 bits per heavy atom. The van der Waals surface area contributed by atoms with Gasteiger partial charge in [-0.3, -0.25) is 9.79 Å². The third-order valence-corrected chi connectivity index (χ3v) is 5.57. The van der Waals surface area contributed by atoms with Crippen LogP contribution in [-0.4, -0.2) is 27.4 Å². The minimum absolute atomic E-state index is 0.0600. The van der Waals surface area contributed by atoms with Crippen LogP contribution in [0.3, 0.4) is 0 Å². The molecular weight excluding hydrogens is 335 g/mol. The van der Waals surface area contributed by atoms with Gasteiger partial charge in [0.15, 0.2) is 11.7 Å². The minimum Gasteiger partial charge on any atom is -0.481 e. The van der Waals surface area contributed by atoms with E-state index in [-0.39, 0.29) is 6.42 Å². The lowest BCUT2D eigenvalue weighted by Gasteiger charge is -2.17. The van der Waals surface area contributed by atoms with Gasteiger partial charge in [-0.05, 0) is 12.1 Å². The molecule has 3 nitrogen and oxygen atoms in total. The van der Waals surface area contributed by atoms with Gasteiger partial charge in [-0.25, -0.2) is 13.2 Å². The fourth-order valence-electron chi connectivity index (χ4n) is 2.27. The van der Waals surface area contributed by atoms with Crippen LogP contribution < -0.4 is 0 Å². The van der Waals surface area contributed by atoms with E-state index in [1.54, 1.807) is 12.1 Å². The van der Waals surface area contributed by atoms with Crippen molar-refractivity contribution in [3.05, 3.63) is 45.4 Å². The summed E-state index contributed by atoms with van der Waals surface area (Å²) >= 11 is 2.40. The summed E-state index contributed by atoms with van der Waals surface area (Å²) in [5, 5.41) is 8.41. The molecule has 1 aromatic rings. The summed E-state index contributed by atoms with van der Waals surface area (Å²) in [7, 11) is 0. The molecule has 0 bridgehead atoms. The van der Waals surface area contributed by atoms with Gasteiger partial charge >= 0.3 is 5.97 Å². The molecule has 0 radical (unpaired) electrons. The van der Waals surface area contributed by atoms with E-state index in [2.05, 4.69) is 4.99 Å². The molecule has 2 unspecified atom stereocenters. The topological polar surface area (TPSA) is 49.7 Å². The zero-order chi connectivity index (χ0) is 15.9. The Labute approximate surface area is 132 Å². The molecule has 8 heteroatoms. The molecule has 1 aromatic heterocycles. The smallest absolute Gasteiger partial charge is 0.308 e. The highest BCUT2D eigenvalue weighted by molar-refractivity contribution is 8.15. The van der Waals surface area contributed by atoms with Gasteiger partial charge in [0.1, 0.15) is 11.9 Å². The Balaban J connectivity index is 1.74. The molecule has 2 aliphatic rings. The van der Waals surface area contributed by atoms with Crippen molar-refractivity contribution in [3.63, 3.8) is 0 Å². The first kappa shape index (κ1) is 15.4. The lowest BCUT2D eigenvalue weighted by atomic mass is 10.1. The number of carboxylic acid groups (broad SMARTS) is 1. The van der Waals surface area contributed by atoms with Gasteiger partial charge in [-0.2, -0.15) is 0 Å². The van der Waals surface area contributed by atoms with E-state index in [0.717, 1.165) is 16.6 Å². The number of carboxylic acids is 1. The van der Waals surface area contributed by atoms with E-state index >= 15 is 0 Å². The highest BCUT2D eigenvalue weighted by Gasteiger charge is 2.40. The zero-order valence-electron chi connectivity index (χ0n) is 11.1. The normalized spacial score (nSPS) is 24.1. The highest BCUT2D eigenvalue weighted by atomic mass is 32.2. The lowest BCUT2D eigenvalue weighted by Crippen LogP contribution is -2.22. The Kier molecular flexibility index (Phi) is 4.14. The number of aliphatic carboxylic acids is 1. The maximum atomic E-state index is 13.7. The van der Waals surface area contributed by atoms with Gasteiger partial charge in [0.2, 0.25) is 0 Å². The average Bonchev–Trinajstić information content (AvgIpc) is 3.03. The van der Waals surface area contributed by atoms with E-state index in [0.29, 0.717) is 22.4 Å². The van der Waals surface area contributed by atoms with Crippen molar-refractivity contribution in [1.29, 1.82) is 0 Å². The molecule has 0 fully saturated rings. The Morgan fingerprint density at radius 3 is 2.73 bits per heavy atom. The van der Waals surface area contributed by atoms with Crippen LogP contribution in [0.1, 0.15) is 9.75 Å². The van der Waals surface area contributed by atoms with E-state index in [1.807, 2.05) is 0 Å². The van der Waals surface area contributed by atoms with Crippen molar-refractivity contribution in [2.75, 3.05) is 0 Å². The van der Waals surface area contributed by atoms with Crippen molar-refractivity contribution in [1.82, 2.24) is 0 Å². The van der Waals surface area contributed by atoms with Crippen LogP contribution in [-0.2, 0) is 17.6 Å². The number of rotatable bonds is 4. The highest BCUT2D eigenvalue weighted by Crippen LogP contribution is 2.42. The number of nitrogens with zero attached hydrogens (tertiary/aromatic N) is 1. The monoisotopic (exact) mass is 345 g/mol. The lowest BCUT2D eigenvalue weighted by molar-refractivity contribution is -0.136. The summed E-state index contributed by atoms with van der Waals surface area (Å²) in [6, 6.07) is 2.35. The largest absolute Gasteiger partial charge is 0.481 e. The number of carbonyl (C=O) groups is 1. The standard InChI is InChI=1S/C14H10F3NO2S2/c15-8-5-9(16)14-13(12(8)17)18-10(22-14)3-6-1-2-7(21-6)4-11(19)20/h1-2,5,13-14H,3-4H2,(H,19,20). The number of aliphatic imine (C=N–C) groups is 1. The summed E-state index contributed by atoms with van der Waals surface area (Å²) in [4.78, 5) is 16.3. The van der Waals surface area contributed by atoms with Crippen LogP contribution in [0.5, 0.6) is 0 Å². The number of allylic oxidation sites excluding steroid dienone is 2. The molecule has 0 saturated heterocycles. The van der Waals surface area contributed by atoms with Crippen molar-refractivity contribution < 1.29 is 23.1 Å². The predicted molar refractivity (Wildman–Crippen MR) is 80.4 cm³/mol. The molecule has 2 atom stereocenters. The Hall–Kier alpha value is -1.54. The minimum atomic E-state index is -1.20. The summed E-state index contributed by atoms with van der Waals surface area (Å²) in [6.45, 7) is 0. The first-order valence-electron chi connectivity index (χ1n) is 6.39. The van der Waals surface area contributed by atoms with Crippen LogP contribution in [0.2, 0.25) is 0 Å². The second-order valence-electron chi connectivity index (χ2n) is 4.85.